The second-order valence-corrected chi connectivity index (χ2v) is 4.22. The molecule has 0 bridgehead atoms. The molecule has 1 aromatic rings. The summed E-state index contributed by atoms with van der Waals surface area (Å²) in [6, 6.07) is 3.39. The molecule has 0 atom stereocenters. The zero-order valence-electron chi connectivity index (χ0n) is 6.88. The fraction of sp³-hybridized carbons (Fsp3) is 0.250. The van der Waals surface area contributed by atoms with E-state index < -0.39 is 5.24 Å². The first-order chi connectivity index (χ1) is 6.15. The number of hydrogen-bond acceptors (Lipinski definition) is 3. The second-order valence-electron chi connectivity index (χ2n) is 2.19. The molecule has 0 aromatic carbocycles. The van der Waals surface area contributed by atoms with Crippen molar-refractivity contribution in [1.82, 2.24) is 4.98 Å². The molecule has 0 radical (unpaired) electrons. The number of halogens is 2. The fourth-order valence-electron chi connectivity index (χ4n) is 0.835. The molecule has 0 aliphatic carbocycles. The lowest BCUT2D eigenvalue weighted by atomic mass is 10.4. The Morgan fingerprint density at radius 2 is 2.31 bits per heavy atom. The molecule has 1 heterocycles. The highest BCUT2D eigenvalue weighted by Crippen LogP contribution is 2.23. The minimum absolute atomic E-state index is 0.237. The number of rotatable bonds is 3. The van der Waals surface area contributed by atoms with Gasteiger partial charge >= 0.3 is 0 Å². The Hall–Kier alpha value is -0.250. The molecule has 0 N–H and O–H groups in total. The molecule has 0 saturated heterocycles. The first-order valence-electron chi connectivity index (χ1n) is 3.64. The van der Waals surface area contributed by atoms with Crippen molar-refractivity contribution in [2.75, 3.05) is 5.75 Å². The third-order valence-electron chi connectivity index (χ3n) is 1.31. The molecule has 70 valence electrons. The summed E-state index contributed by atoms with van der Waals surface area (Å²) >= 11 is 12.5. The highest BCUT2D eigenvalue weighted by Gasteiger charge is 2.11. The molecule has 1 aromatic heterocycles. The Kier molecular flexibility index (Phi) is 4.03. The summed E-state index contributed by atoms with van der Waals surface area (Å²) in [4.78, 5) is 15.5. The summed E-state index contributed by atoms with van der Waals surface area (Å²) < 4.78 is 0. The average molecular weight is 236 g/mol. The number of aromatic nitrogens is 1. The van der Waals surface area contributed by atoms with Gasteiger partial charge in [-0.3, -0.25) is 4.79 Å². The maximum absolute atomic E-state index is 10.9. The van der Waals surface area contributed by atoms with Crippen LogP contribution in [0.3, 0.4) is 0 Å². The summed E-state index contributed by atoms with van der Waals surface area (Å²) in [6.07, 6.45) is 0. The second kappa shape index (κ2) is 4.84. The van der Waals surface area contributed by atoms with E-state index in [-0.39, 0.29) is 10.8 Å². The Bertz CT molecular complexity index is 330. The molecule has 1 rings (SSSR count). The number of carbonyl (C=O) groups excluding carboxylic acids is 1. The normalized spacial score (nSPS) is 10.1. The van der Waals surface area contributed by atoms with Crippen LogP contribution in [-0.2, 0) is 0 Å². The average Bonchev–Trinajstić information content (AvgIpc) is 2.08. The van der Waals surface area contributed by atoms with Crippen molar-refractivity contribution in [1.29, 1.82) is 0 Å². The van der Waals surface area contributed by atoms with Crippen LogP contribution in [-0.4, -0.2) is 16.0 Å². The van der Waals surface area contributed by atoms with Crippen LogP contribution in [0.5, 0.6) is 0 Å². The van der Waals surface area contributed by atoms with E-state index in [0.29, 0.717) is 0 Å². The smallest absolute Gasteiger partial charge is 0.272 e. The van der Waals surface area contributed by atoms with Gasteiger partial charge in [0.15, 0.2) is 0 Å². The molecule has 13 heavy (non-hydrogen) atoms. The van der Waals surface area contributed by atoms with E-state index in [1.165, 1.54) is 11.8 Å². The molecule has 2 nitrogen and oxygen atoms in total. The first-order valence-corrected chi connectivity index (χ1v) is 5.38. The van der Waals surface area contributed by atoms with Gasteiger partial charge in [-0.25, -0.2) is 4.98 Å². The highest BCUT2D eigenvalue weighted by atomic mass is 35.5. The van der Waals surface area contributed by atoms with E-state index in [0.717, 1.165) is 10.6 Å². The number of thioether (sulfide) groups is 1. The third kappa shape index (κ3) is 2.86. The molecular weight excluding hydrogens is 229 g/mol. The highest BCUT2D eigenvalue weighted by molar-refractivity contribution is 7.99. The van der Waals surface area contributed by atoms with Gasteiger partial charge in [-0.15, -0.1) is 11.8 Å². The van der Waals surface area contributed by atoms with Crippen molar-refractivity contribution in [3.8, 4) is 0 Å². The van der Waals surface area contributed by atoms with Crippen molar-refractivity contribution in [3.05, 3.63) is 23.0 Å². The molecule has 0 saturated carbocycles. The van der Waals surface area contributed by atoms with Gasteiger partial charge in [0.05, 0.1) is 0 Å². The van der Waals surface area contributed by atoms with Gasteiger partial charge in [0, 0.05) is 4.90 Å². The van der Waals surface area contributed by atoms with Gasteiger partial charge in [0.25, 0.3) is 5.24 Å². The van der Waals surface area contributed by atoms with Crippen molar-refractivity contribution < 1.29 is 4.79 Å². The van der Waals surface area contributed by atoms with Crippen LogP contribution >= 0.6 is 35.0 Å². The summed E-state index contributed by atoms with van der Waals surface area (Å²) in [5, 5.41) is -0.289. The Labute approximate surface area is 90.6 Å². The lowest BCUT2D eigenvalue weighted by Crippen LogP contribution is -1.97. The van der Waals surface area contributed by atoms with Crippen molar-refractivity contribution in [2.45, 2.75) is 11.8 Å². The molecule has 0 unspecified atom stereocenters. The van der Waals surface area contributed by atoms with Crippen molar-refractivity contribution >= 4 is 40.2 Å². The predicted molar refractivity (Wildman–Crippen MR) is 55.8 cm³/mol. The minimum atomic E-state index is -0.571. The van der Waals surface area contributed by atoms with Gasteiger partial charge in [-0.2, -0.15) is 0 Å². The molecule has 5 heteroatoms. The molecule has 0 spiro atoms. The largest absolute Gasteiger partial charge is 0.274 e. The predicted octanol–water partition coefficient (Wildman–Crippen LogP) is 3.23. The van der Waals surface area contributed by atoms with Crippen LogP contribution < -0.4 is 0 Å². The first kappa shape index (κ1) is 10.8. The van der Waals surface area contributed by atoms with Crippen molar-refractivity contribution in [3.63, 3.8) is 0 Å². The van der Waals surface area contributed by atoms with Crippen molar-refractivity contribution in [2.24, 2.45) is 0 Å². The fourth-order valence-corrected chi connectivity index (χ4v) is 1.93. The third-order valence-corrected chi connectivity index (χ3v) is 2.63. The molecule has 0 fully saturated rings. The standard InChI is InChI=1S/C8H7Cl2NOS/c1-2-13-5-3-4-6(9)11-7(5)8(10)12/h3-4H,2H2,1H3. The van der Waals surface area contributed by atoms with Gasteiger partial charge in [-0.1, -0.05) is 18.5 Å². The Morgan fingerprint density at radius 1 is 1.62 bits per heavy atom. The number of hydrogen-bond donors (Lipinski definition) is 0. The van der Waals surface area contributed by atoms with Crippen LogP contribution in [0.2, 0.25) is 5.15 Å². The van der Waals surface area contributed by atoms with E-state index in [1.54, 1.807) is 12.1 Å². The molecule has 0 aliphatic heterocycles. The van der Waals surface area contributed by atoms with E-state index in [4.69, 9.17) is 23.2 Å². The minimum Gasteiger partial charge on any atom is -0.274 e. The van der Waals surface area contributed by atoms with Crippen LogP contribution in [0, 0.1) is 0 Å². The van der Waals surface area contributed by atoms with Gasteiger partial charge in [0.2, 0.25) is 0 Å². The molecular formula is C8H7Cl2NOS. The maximum Gasteiger partial charge on any atom is 0.272 e. The summed E-state index contributed by atoms with van der Waals surface area (Å²) in [7, 11) is 0. The van der Waals surface area contributed by atoms with E-state index in [9.17, 15) is 4.79 Å². The lowest BCUT2D eigenvalue weighted by molar-refractivity contribution is 0.107. The zero-order chi connectivity index (χ0) is 9.84. The molecule has 0 amide bonds. The SMILES string of the molecule is CCSc1ccc(Cl)nc1C(=O)Cl. The van der Waals surface area contributed by atoms with Crippen LogP contribution in [0.25, 0.3) is 0 Å². The summed E-state index contributed by atoms with van der Waals surface area (Å²) in [6.45, 7) is 1.99. The number of nitrogens with zero attached hydrogens (tertiary/aromatic N) is 1. The van der Waals surface area contributed by atoms with Gasteiger partial charge in [-0.05, 0) is 29.5 Å². The monoisotopic (exact) mass is 235 g/mol. The van der Waals surface area contributed by atoms with Crippen LogP contribution in [0.1, 0.15) is 17.4 Å². The van der Waals surface area contributed by atoms with Gasteiger partial charge in [0.1, 0.15) is 10.8 Å². The lowest BCUT2D eigenvalue weighted by Gasteiger charge is -2.02. The summed E-state index contributed by atoms with van der Waals surface area (Å²) in [5.41, 5.74) is 0.237. The summed E-state index contributed by atoms with van der Waals surface area (Å²) in [5.74, 6) is 0.862. The Morgan fingerprint density at radius 3 is 2.85 bits per heavy atom. The van der Waals surface area contributed by atoms with Crippen LogP contribution in [0.15, 0.2) is 17.0 Å². The quantitative estimate of drug-likeness (QED) is 0.458. The topological polar surface area (TPSA) is 30.0 Å². The zero-order valence-corrected chi connectivity index (χ0v) is 9.21. The van der Waals surface area contributed by atoms with Crippen LogP contribution in [0.4, 0.5) is 0 Å². The van der Waals surface area contributed by atoms with E-state index in [1.807, 2.05) is 6.92 Å². The number of carbonyl (C=O) groups is 1. The van der Waals surface area contributed by atoms with E-state index in [2.05, 4.69) is 4.98 Å². The maximum atomic E-state index is 10.9. The van der Waals surface area contributed by atoms with Gasteiger partial charge < -0.3 is 0 Å². The van der Waals surface area contributed by atoms with E-state index >= 15 is 0 Å². The molecule has 0 aliphatic rings. The Balaban J connectivity index is 3.10. The number of pyridine rings is 1.